The van der Waals surface area contributed by atoms with Gasteiger partial charge in [-0.25, -0.2) is 0 Å². The van der Waals surface area contributed by atoms with Crippen LogP contribution in [0.5, 0.6) is 0 Å². The van der Waals surface area contributed by atoms with Crippen molar-refractivity contribution < 1.29 is 14.3 Å². The Balaban J connectivity index is 1.81. The fourth-order valence-electron chi connectivity index (χ4n) is 2.07. The van der Waals surface area contributed by atoms with E-state index in [0.717, 1.165) is 11.6 Å². The van der Waals surface area contributed by atoms with Gasteiger partial charge in [0, 0.05) is 23.7 Å². The summed E-state index contributed by atoms with van der Waals surface area (Å²) in [6, 6.07) is 9.05. The maximum absolute atomic E-state index is 12.2. The predicted molar refractivity (Wildman–Crippen MR) is 81.5 cm³/mol. The number of rotatable bonds is 5. The Morgan fingerprint density at radius 1 is 1.30 bits per heavy atom. The van der Waals surface area contributed by atoms with Crippen LogP contribution in [0.15, 0.2) is 47.1 Å². The number of hydrogen-bond acceptors (Lipinski definition) is 7. The molecule has 0 radical (unpaired) electrons. The van der Waals surface area contributed by atoms with Crippen LogP contribution in [0.1, 0.15) is 27.5 Å². The highest BCUT2D eigenvalue weighted by atomic mass is 16.3. The summed E-state index contributed by atoms with van der Waals surface area (Å²) in [5.41, 5.74) is 8.02. The van der Waals surface area contributed by atoms with Crippen molar-refractivity contribution >= 4 is 17.2 Å². The van der Waals surface area contributed by atoms with Gasteiger partial charge in [0.25, 0.3) is 0 Å². The summed E-state index contributed by atoms with van der Waals surface area (Å²) in [5, 5.41) is 22.5. The van der Waals surface area contributed by atoms with Crippen LogP contribution in [0.25, 0.3) is 5.76 Å². The van der Waals surface area contributed by atoms with Crippen LogP contribution < -0.4 is 5.73 Å². The first-order valence-corrected chi connectivity index (χ1v) is 6.73. The summed E-state index contributed by atoms with van der Waals surface area (Å²) in [6.45, 7) is 0. The number of nitrogen functional groups attached to an aromatic ring is 1. The van der Waals surface area contributed by atoms with E-state index >= 15 is 0 Å². The number of nitrogens with one attached hydrogen (secondary N) is 1. The molecule has 0 saturated carbocycles. The minimum Gasteiger partial charge on any atom is -0.504 e. The maximum Gasteiger partial charge on any atom is 0.239 e. The molecule has 0 bridgehead atoms. The molecule has 2 heterocycles. The van der Waals surface area contributed by atoms with E-state index in [1.54, 1.807) is 18.2 Å². The molecule has 23 heavy (non-hydrogen) atoms. The van der Waals surface area contributed by atoms with Crippen LogP contribution in [-0.2, 0) is 6.42 Å². The molecule has 0 unspecified atom stereocenters. The molecule has 116 valence electrons. The van der Waals surface area contributed by atoms with Gasteiger partial charge < -0.3 is 15.3 Å². The zero-order valence-electron chi connectivity index (χ0n) is 11.9. The first kappa shape index (κ1) is 14.5. The molecule has 4 N–H and O–H groups in total. The molecule has 8 nitrogen and oxygen atoms in total. The number of carbonyl (C=O) groups excluding carboxylic acids is 1. The van der Waals surface area contributed by atoms with Gasteiger partial charge in [0.2, 0.25) is 11.6 Å². The number of aliphatic hydroxyl groups is 1. The molecule has 0 aliphatic rings. The minimum atomic E-state index is -0.484. The Morgan fingerprint density at radius 3 is 2.78 bits per heavy atom. The molecule has 2 aromatic heterocycles. The predicted octanol–water partition coefficient (Wildman–Crippen LogP) is 1.75. The highest BCUT2D eigenvalue weighted by Gasteiger charge is 2.16. The number of tetrazole rings is 1. The molecule has 0 aliphatic carbocycles. The fourth-order valence-corrected chi connectivity index (χ4v) is 2.07. The van der Waals surface area contributed by atoms with Crippen LogP contribution in [0.2, 0.25) is 0 Å². The molecule has 0 saturated heterocycles. The number of H-pyrrole nitrogens is 1. The van der Waals surface area contributed by atoms with Gasteiger partial charge in [-0.15, -0.1) is 10.2 Å². The number of benzene rings is 1. The Bertz CT molecular complexity index is 834. The second-order valence-corrected chi connectivity index (χ2v) is 4.82. The number of aromatic amines is 1. The summed E-state index contributed by atoms with van der Waals surface area (Å²) in [5.74, 6) is -0.789. The number of hydrogen-bond donors (Lipinski definition) is 3. The highest BCUT2D eigenvalue weighted by molar-refractivity contribution is 6.06. The third-order valence-corrected chi connectivity index (χ3v) is 3.19. The third-order valence-electron chi connectivity index (χ3n) is 3.19. The number of furan rings is 1. The average molecular weight is 311 g/mol. The van der Waals surface area contributed by atoms with Crippen LogP contribution in [-0.4, -0.2) is 31.5 Å². The Kier molecular flexibility index (Phi) is 3.88. The SMILES string of the molecule is Nc1ccc(Cc2ccoc2C(=O)C=C(O)c2nn[nH]n2)cc1. The van der Waals surface area contributed by atoms with E-state index in [1.807, 2.05) is 12.1 Å². The topological polar surface area (TPSA) is 131 Å². The number of anilines is 1. The van der Waals surface area contributed by atoms with Crippen molar-refractivity contribution in [3.05, 3.63) is 65.4 Å². The number of aromatic nitrogens is 4. The summed E-state index contributed by atoms with van der Waals surface area (Å²) in [7, 11) is 0. The van der Waals surface area contributed by atoms with E-state index in [0.29, 0.717) is 17.7 Å². The molecule has 3 rings (SSSR count). The van der Waals surface area contributed by atoms with Gasteiger partial charge in [-0.2, -0.15) is 5.21 Å². The number of aliphatic hydroxyl groups excluding tert-OH is 1. The van der Waals surface area contributed by atoms with Crippen molar-refractivity contribution in [1.82, 2.24) is 20.6 Å². The first-order valence-electron chi connectivity index (χ1n) is 6.73. The van der Waals surface area contributed by atoms with Gasteiger partial charge in [-0.3, -0.25) is 4.79 Å². The maximum atomic E-state index is 12.2. The second kappa shape index (κ2) is 6.14. The van der Waals surface area contributed by atoms with Gasteiger partial charge in [0.05, 0.1) is 6.26 Å². The Morgan fingerprint density at radius 2 is 2.09 bits per heavy atom. The van der Waals surface area contributed by atoms with E-state index < -0.39 is 11.5 Å². The third kappa shape index (κ3) is 3.26. The lowest BCUT2D eigenvalue weighted by Crippen LogP contribution is -2.01. The zero-order valence-corrected chi connectivity index (χ0v) is 11.9. The summed E-state index contributed by atoms with van der Waals surface area (Å²) < 4.78 is 5.25. The molecular formula is C15H13N5O3. The summed E-state index contributed by atoms with van der Waals surface area (Å²) in [4.78, 5) is 12.2. The van der Waals surface area contributed by atoms with Crippen molar-refractivity contribution in [2.45, 2.75) is 6.42 Å². The van der Waals surface area contributed by atoms with Crippen molar-refractivity contribution in [3.8, 4) is 0 Å². The second-order valence-electron chi connectivity index (χ2n) is 4.82. The van der Waals surface area contributed by atoms with E-state index in [1.165, 1.54) is 6.26 Å². The lowest BCUT2D eigenvalue weighted by molar-refractivity contribution is 0.102. The smallest absolute Gasteiger partial charge is 0.239 e. The van der Waals surface area contributed by atoms with Crippen LogP contribution in [0.4, 0.5) is 5.69 Å². The molecule has 0 atom stereocenters. The van der Waals surface area contributed by atoms with Crippen molar-refractivity contribution in [1.29, 1.82) is 0 Å². The van der Waals surface area contributed by atoms with Crippen molar-refractivity contribution in [3.63, 3.8) is 0 Å². The van der Waals surface area contributed by atoms with Crippen molar-refractivity contribution in [2.75, 3.05) is 5.73 Å². The van der Waals surface area contributed by atoms with Crippen LogP contribution >= 0.6 is 0 Å². The van der Waals surface area contributed by atoms with Crippen molar-refractivity contribution in [2.24, 2.45) is 0 Å². The van der Waals surface area contributed by atoms with E-state index in [2.05, 4.69) is 20.6 Å². The normalized spacial score (nSPS) is 11.6. The molecule has 1 aromatic carbocycles. The fraction of sp³-hybridized carbons (Fsp3) is 0.0667. The molecule has 0 spiro atoms. The number of allylic oxidation sites excluding steroid dienone is 1. The van der Waals surface area contributed by atoms with Crippen LogP contribution in [0.3, 0.4) is 0 Å². The molecular weight excluding hydrogens is 298 g/mol. The lowest BCUT2D eigenvalue weighted by Gasteiger charge is -2.02. The largest absolute Gasteiger partial charge is 0.504 e. The van der Waals surface area contributed by atoms with Gasteiger partial charge >= 0.3 is 0 Å². The van der Waals surface area contributed by atoms with Gasteiger partial charge in [-0.05, 0) is 29.0 Å². The minimum absolute atomic E-state index is 0.0648. The first-order chi connectivity index (χ1) is 11.1. The highest BCUT2D eigenvalue weighted by Crippen LogP contribution is 2.18. The molecule has 8 heteroatoms. The van der Waals surface area contributed by atoms with Gasteiger partial charge in [-0.1, -0.05) is 12.1 Å². The standard InChI is InChI=1S/C15H13N5O3/c16-11-3-1-9(2-4-11)7-10-5-6-23-14(10)12(21)8-13(22)15-17-19-20-18-15/h1-6,8,22H,7,16H2,(H,17,18,19,20). The van der Waals surface area contributed by atoms with E-state index in [-0.39, 0.29) is 11.6 Å². The number of ketones is 1. The quantitative estimate of drug-likeness (QED) is 0.283. The average Bonchev–Trinajstić information content (AvgIpc) is 3.20. The number of nitrogens with two attached hydrogens (primary N) is 1. The lowest BCUT2D eigenvalue weighted by atomic mass is 10.0. The molecule has 0 aliphatic heterocycles. The number of nitrogens with zero attached hydrogens (tertiary/aromatic N) is 3. The summed E-state index contributed by atoms with van der Waals surface area (Å²) >= 11 is 0. The molecule has 0 fully saturated rings. The summed E-state index contributed by atoms with van der Waals surface area (Å²) in [6.07, 6.45) is 2.93. The van der Waals surface area contributed by atoms with Gasteiger partial charge in [0.1, 0.15) is 0 Å². The zero-order chi connectivity index (χ0) is 16.2. The van der Waals surface area contributed by atoms with E-state index in [4.69, 9.17) is 10.2 Å². The molecule has 3 aromatic rings. The van der Waals surface area contributed by atoms with Gasteiger partial charge in [0.15, 0.2) is 11.5 Å². The number of carbonyl (C=O) groups is 1. The Hall–Kier alpha value is -3.42. The molecule has 0 amide bonds. The Labute approximate surface area is 130 Å². The monoisotopic (exact) mass is 311 g/mol. The van der Waals surface area contributed by atoms with E-state index in [9.17, 15) is 9.90 Å². The van der Waals surface area contributed by atoms with Crippen LogP contribution in [0, 0.1) is 0 Å².